The molecule has 5 heteroatoms. The molecule has 0 bridgehead atoms. The van der Waals surface area contributed by atoms with Gasteiger partial charge in [-0.1, -0.05) is 41.4 Å². The Bertz CT molecular complexity index is 766. The Hall–Kier alpha value is -2.33. The Balaban J connectivity index is 1.56. The smallest absolute Gasteiger partial charge is 0.255 e. The Labute approximate surface area is 152 Å². The normalized spacial score (nSPS) is 15.0. The first-order valence-electron chi connectivity index (χ1n) is 8.46. The molecule has 2 amide bonds. The van der Waals surface area contributed by atoms with Gasteiger partial charge in [-0.2, -0.15) is 0 Å². The minimum atomic E-state index is -0.0726. The summed E-state index contributed by atoms with van der Waals surface area (Å²) in [6.45, 7) is 3.14. The van der Waals surface area contributed by atoms with Gasteiger partial charge in [-0.15, -0.1) is 0 Å². The van der Waals surface area contributed by atoms with Gasteiger partial charge < -0.3 is 10.2 Å². The SMILES string of the molecule is Cc1ccc(NC(=O)C2CCN(C(=O)c3ccccc3Cl)CC2)cc1. The number of benzene rings is 2. The Morgan fingerprint density at radius 2 is 1.68 bits per heavy atom. The van der Waals surface area contributed by atoms with Crippen LogP contribution >= 0.6 is 11.6 Å². The van der Waals surface area contributed by atoms with Crippen LogP contribution in [0.3, 0.4) is 0 Å². The number of hydrogen-bond donors (Lipinski definition) is 1. The van der Waals surface area contributed by atoms with Crippen molar-refractivity contribution in [3.05, 3.63) is 64.7 Å². The van der Waals surface area contributed by atoms with Crippen LogP contribution in [0.5, 0.6) is 0 Å². The van der Waals surface area contributed by atoms with Crippen molar-refractivity contribution >= 4 is 29.1 Å². The first-order chi connectivity index (χ1) is 12.0. The van der Waals surface area contributed by atoms with Gasteiger partial charge in [0.2, 0.25) is 5.91 Å². The number of carbonyl (C=O) groups is 2. The summed E-state index contributed by atoms with van der Waals surface area (Å²) in [7, 11) is 0. The van der Waals surface area contributed by atoms with Crippen molar-refractivity contribution in [1.29, 1.82) is 0 Å². The molecular formula is C20H21ClN2O2. The summed E-state index contributed by atoms with van der Waals surface area (Å²) in [6.07, 6.45) is 1.32. The van der Waals surface area contributed by atoms with E-state index < -0.39 is 0 Å². The van der Waals surface area contributed by atoms with E-state index in [1.54, 1.807) is 29.2 Å². The molecule has 2 aromatic rings. The zero-order valence-corrected chi connectivity index (χ0v) is 14.9. The minimum absolute atomic E-state index is 0.0219. The molecule has 0 saturated carbocycles. The number of halogens is 1. The van der Waals surface area contributed by atoms with Gasteiger partial charge in [0.05, 0.1) is 10.6 Å². The van der Waals surface area contributed by atoms with E-state index in [2.05, 4.69) is 5.32 Å². The molecule has 1 aliphatic heterocycles. The molecule has 0 atom stereocenters. The van der Waals surface area contributed by atoms with Gasteiger partial charge in [0.1, 0.15) is 0 Å². The molecule has 4 nitrogen and oxygen atoms in total. The van der Waals surface area contributed by atoms with E-state index in [9.17, 15) is 9.59 Å². The second kappa shape index (κ2) is 7.70. The van der Waals surface area contributed by atoms with Crippen molar-refractivity contribution < 1.29 is 9.59 Å². The number of nitrogens with zero attached hydrogens (tertiary/aromatic N) is 1. The number of piperidine rings is 1. The molecule has 1 N–H and O–H groups in total. The van der Waals surface area contributed by atoms with Crippen molar-refractivity contribution in [3.63, 3.8) is 0 Å². The van der Waals surface area contributed by atoms with E-state index in [1.807, 2.05) is 31.2 Å². The summed E-state index contributed by atoms with van der Waals surface area (Å²) in [5.74, 6) is -0.117. The number of hydrogen-bond acceptors (Lipinski definition) is 2. The third kappa shape index (κ3) is 4.20. The highest BCUT2D eigenvalue weighted by Gasteiger charge is 2.28. The molecule has 0 aromatic heterocycles. The number of nitrogens with one attached hydrogen (secondary N) is 1. The van der Waals surface area contributed by atoms with Gasteiger partial charge in [0.25, 0.3) is 5.91 Å². The second-order valence-corrected chi connectivity index (χ2v) is 6.81. The molecular weight excluding hydrogens is 336 g/mol. The maximum atomic E-state index is 12.6. The quantitative estimate of drug-likeness (QED) is 0.898. The third-order valence-electron chi connectivity index (χ3n) is 4.58. The Kier molecular flexibility index (Phi) is 5.39. The highest BCUT2D eigenvalue weighted by Crippen LogP contribution is 2.23. The highest BCUT2D eigenvalue weighted by atomic mass is 35.5. The van der Waals surface area contributed by atoms with Crippen LogP contribution in [0.2, 0.25) is 5.02 Å². The van der Waals surface area contributed by atoms with Crippen molar-refractivity contribution in [2.45, 2.75) is 19.8 Å². The number of amides is 2. The van der Waals surface area contributed by atoms with E-state index in [4.69, 9.17) is 11.6 Å². The van der Waals surface area contributed by atoms with E-state index >= 15 is 0 Å². The molecule has 0 radical (unpaired) electrons. The zero-order valence-electron chi connectivity index (χ0n) is 14.2. The molecule has 1 saturated heterocycles. The van der Waals surface area contributed by atoms with Crippen molar-refractivity contribution in [1.82, 2.24) is 4.90 Å². The molecule has 1 heterocycles. The number of aryl methyl sites for hydroxylation is 1. The summed E-state index contributed by atoms with van der Waals surface area (Å²) >= 11 is 6.11. The fraction of sp³-hybridized carbons (Fsp3) is 0.300. The van der Waals surface area contributed by atoms with Crippen LogP contribution in [-0.4, -0.2) is 29.8 Å². The molecule has 2 aromatic carbocycles. The number of rotatable bonds is 3. The zero-order chi connectivity index (χ0) is 17.8. The van der Waals surface area contributed by atoms with Gasteiger partial charge in [-0.05, 0) is 44.0 Å². The number of carbonyl (C=O) groups excluding carboxylic acids is 2. The summed E-state index contributed by atoms with van der Waals surface area (Å²) in [4.78, 5) is 26.8. The van der Waals surface area contributed by atoms with Crippen LogP contribution in [0.15, 0.2) is 48.5 Å². The highest BCUT2D eigenvalue weighted by molar-refractivity contribution is 6.33. The largest absolute Gasteiger partial charge is 0.339 e. The standard InChI is InChI=1S/C20H21ClN2O2/c1-14-6-8-16(9-7-14)22-19(24)15-10-12-23(13-11-15)20(25)17-4-2-3-5-18(17)21/h2-9,15H,10-13H2,1H3,(H,22,24). The van der Waals surface area contributed by atoms with Gasteiger partial charge in [0.15, 0.2) is 0 Å². The van der Waals surface area contributed by atoms with Crippen LogP contribution in [0.1, 0.15) is 28.8 Å². The van der Waals surface area contributed by atoms with Crippen molar-refractivity contribution in [3.8, 4) is 0 Å². The lowest BCUT2D eigenvalue weighted by Gasteiger charge is -2.31. The summed E-state index contributed by atoms with van der Waals surface area (Å²) in [5.41, 5.74) is 2.49. The predicted molar refractivity (Wildman–Crippen MR) is 99.9 cm³/mol. The fourth-order valence-electron chi connectivity index (χ4n) is 3.03. The van der Waals surface area contributed by atoms with Gasteiger partial charge in [-0.25, -0.2) is 0 Å². The molecule has 1 aliphatic rings. The van der Waals surface area contributed by atoms with Crippen LogP contribution < -0.4 is 5.32 Å². The van der Waals surface area contributed by atoms with Gasteiger partial charge >= 0.3 is 0 Å². The van der Waals surface area contributed by atoms with E-state index in [0.717, 1.165) is 11.3 Å². The predicted octanol–water partition coefficient (Wildman–Crippen LogP) is 4.14. The third-order valence-corrected chi connectivity index (χ3v) is 4.91. The van der Waals surface area contributed by atoms with E-state index in [1.165, 1.54) is 0 Å². The summed E-state index contributed by atoms with van der Waals surface area (Å²) in [6, 6.07) is 14.8. The minimum Gasteiger partial charge on any atom is -0.339 e. The molecule has 3 rings (SSSR count). The Morgan fingerprint density at radius 3 is 2.32 bits per heavy atom. The van der Waals surface area contributed by atoms with Gasteiger partial charge in [0, 0.05) is 24.7 Å². The summed E-state index contributed by atoms with van der Waals surface area (Å²) < 4.78 is 0. The monoisotopic (exact) mass is 356 g/mol. The molecule has 1 fully saturated rings. The molecule has 0 aliphatic carbocycles. The number of likely N-dealkylation sites (tertiary alicyclic amines) is 1. The average Bonchev–Trinajstić information content (AvgIpc) is 2.63. The second-order valence-electron chi connectivity index (χ2n) is 6.40. The van der Waals surface area contributed by atoms with Crippen LogP contribution in [-0.2, 0) is 4.79 Å². The first kappa shape index (κ1) is 17.5. The average molecular weight is 357 g/mol. The van der Waals surface area contributed by atoms with E-state index in [0.29, 0.717) is 36.5 Å². The van der Waals surface area contributed by atoms with Crippen LogP contribution in [0, 0.1) is 12.8 Å². The molecule has 0 spiro atoms. The maximum Gasteiger partial charge on any atom is 0.255 e. The Morgan fingerprint density at radius 1 is 1.04 bits per heavy atom. The van der Waals surface area contributed by atoms with Crippen LogP contribution in [0.25, 0.3) is 0 Å². The van der Waals surface area contributed by atoms with Gasteiger partial charge in [-0.3, -0.25) is 9.59 Å². The van der Waals surface area contributed by atoms with E-state index in [-0.39, 0.29) is 17.7 Å². The van der Waals surface area contributed by atoms with Crippen molar-refractivity contribution in [2.75, 3.05) is 18.4 Å². The molecule has 25 heavy (non-hydrogen) atoms. The van der Waals surface area contributed by atoms with Crippen molar-refractivity contribution in [2.24, 2.45) is 5.92 Å². The topological polar surface area (TPSA) is 49.4 Å². The summed E-state index contributed by atoms with van der Waals surface area (Å²) in [5, 5.41) is 3.42. The lowest BCUT2D eigenvalue weighted by Crippen LogP contribution is -2.41. The maximum absolute atomic E-state index is 12.6. The molecule has 130 valence electrons. The fourth-order valence-corrected chi connectivity index (χ4v) is 3.25. The van der Waals surface area contributed by atoms with Crippen LogP contribution in [0.4, 0.5) is 5.69 Å². The number of anilines is 1. The lowest BCUT2D eigenvalue weighted by molar-refractivity contribution is -0.121. The molecule has 0 unspecified atom stereocenters. The first-order valence-corrected chi connectivity index (χ1v) is 8.84. The lowest BCUT2D eigenvalue weighted by atomic mass is 9.95.